The van der Waals surface area contributed by atoms with Gasteiger partial charge >= 0.3 is 0 Å². The van der Waals surface area contributed by atoms with Gasteiger partial charge in [-0.3, -0.25) is 0 Å². The van der Waals surface area contributed by atoms with E-state index in [1.54, 1.807) is 0 Å². The third kappa shape index (κ3) is 22.2. The summed E-state index contributed by atoms with van der Waals surface area (Å²) in [5.74, 6) is 1.02. The summed E-state index contributed by atoms with van der Waals surface area (Å²) in [5.41, 5.74) is 0. The van der Waals surface area contributed by atoms with Crippen LogP contribution in [0.1, 0.15) is 162 Å². The second-order valence-electron chi connectivity index (χ2n) is 9.10. The molecule has 0 saturated heterocycles. The van der Waals surface area contributed by atoms with Crippen LogP contribution in [0.3, 0.4) is 0 Å². The van der Waals surface area contributed by atoms with Gasteiger partial charge in [-0.15, -0.1) is 0 Å². The van der Waals surface area contributed by atoms with Crippen LogP contribution in [0, 0.1) is 12.8 Å². The van der Waals surface area contributed by atoms with E-state index in [9.17, 15) is 0 Å². The molecule has 163 valence electrons. The first-order chi connectivity index (χ1) is 13.3. The van der Waals surface area contributed by atoms with E-state index in [2.05, 4.69) is 20.8 Å². The Hall–Kier alpha value is 0. The fourth-order valence-corrected chi connectivity index (χ4v) is 4.35. The van der Waals surface area contributed by atoms with Crippen molar-refractivity contribution >= 4 is 0 Å². The van der Waals surface area contributed by atoms with Gasteiger partial charge < -0.3 is 0 Å². The monoisotopic (exact) mass is 379 g/mol. The minimum Gasteiger partial charge on any atom is -0.0654 e. The Balaban J connectivity index is 3.61. The first kappa shape index (κ1) is 27.0. The maximum Gasteiger partial charge on any atom is -0.0414 e. The van der Waals surface area contributed by atoms with Crippen LogP contribution < -0.4 is 0 Å². The van der Waals surface area contributed by atoms with E-state index in [4.69, 9.17) is 0 Å². The van der Waals surface area contributed by atoms with E-state index in [1.807, 2.05) is 0 Å². The van der Waals surface area contributed by atoms with Crippen molar-refractivity contribution in [3.63, 3.8) is 0 Å². The molecule has 1 unspecified atom stereocenters. The van der Waals surface area contributed by atoms with Gasteiger partial charge in [0.15, 0.2) is 0 Å². The lowest BCUT2D eigenvalue weighted by molar-refractivity contribution is 0.368. The largest absolute Gasteiger partial charge is 0.0654 e. The number of hydrogen-bond acceptors (Lipinski definition) is 0. The summed E-state index contributed by atoms with van der Waals surface area (Å²) in [5, 5.41) is 0. The Labute approximate surface area is 174 Å². The molecule has 0 fully saturated rings. The molecule has 0 amide bonds. The van der Waals surface area contributed by atoms with Gasteiger partial charge in [-0.1, -0.05) is 168 Å². The zero-order valence-electron chi connectivity index (χ0n) is 19.5. The zero-order chi connectivity index (χ0) is 19.8. The highest BCUT2D eigenvalue weighted by Crippen LogP contribution is 2.24. The second-order valence-corrected chi connectivity index (χ2v) is 9.10. The van der Waals surface area contributed by atoms with E-state index in [0.717, 1.165) is 12.3 Å². The van der Waals surface area contributed by atoms with Crippen molar-refractivity contribution < 1.29 is 0 Å². The van der Waals surface area contributed by atoms with Crippen molar-refractivity contribution in [2.24, 2.45) is 5.92 Å². The quantitative estimate of drug-likeness (QED) is 0.155. The Morgan fingerprint density at radius 1 is 0.407 bits per heavy atom. The van der Waals surface area contributed by atoms with Crippen molar-refractivity contribution in [1.82, 2.24) is 0 Å². The van der Waals surface area contributed by atoms with E-state index in [-0.39, 0.29) is 0 Å². The third-order valence-corrected chi connectivity index (χ3v) is 6.29. The molecule has 0 aliphatic rings. The SMILES string of the molecule is [CH2]CCCCC(CCCCCCCCC)CCCCCCCCCCCC. The Kier molecular flexibility index (Phi) is 24.0. The van der Waals surface area contributed by atoms with E-state index in [1.165, 1.54) is 141 Å². The molecule has 1 atom stereocenters. The fraction of sp³-hybridized carbons (Fsp3) is 0.963. The number of hydrogen-bond donors (Lipinski definition) is 0. The van der Waals surface area contributed by atoms with Crippen molar-refractivity contribution in [2.75, 3.05) is 0 Å². The third-order valence-electron chi connectivity index (χ3n) is 6.29. The standard InChI is InChI=1S/C27H55/c1-4-7-10-12-14-15-16-18-20-23-26-27(24-21-9-6-3)25-22-19-17-13-11-8-5-2/h27H,3-26H2,1-2H3. The molecule has 0 bridgehead atoms. The van der Waals surface area contributed by atoms with Crippen LogP contribution in [0.15, 0.2) is 0 Å². The molecule has 0 aromatic rings. The van der Waals surface area contributed by atoms with Crippen LogP contribution in [0.25, 0.3) is 0 Å². The molecule has 0 aromatic carbocycles. The lowest BCUT2D eigenvalue weighted by Crippen LogP contribution is -2.01. The molecule has 0 aliphatic heterocycles. The summed E-state index contributed by atoms with van der Waals surface area (Å²) in [6, 6.07) is 0. The number of rotatable bonds is 23. The Morgan fingerprint density at radius 3 is 1.04 bits per heavy atom. The van der Waals surface area contributed by atoms with Gasteiger partial charge in [0.05, 0.1) is 0 Å². The first-order valence-electron chi connectivity index (χ1n) is 13.1. The molecular weight excluding hydrogens is 324 g/mol. The maximum absolute atomic E-state index is 4.02. The van der Waals surface area contributed by atoms with Crippen molar-refractivity contribution in [1.29, 1.82) is 0 Å². The van der Waals surface area contributed by atoms with Gasteiger partial charge in [0, 0.05) is 0 Å². The average Bonchev–Trinajstić information content (AvgIpc) is 2.68. The summed E-state index contributed by atoms with van der Waals surface area (Å²) < 4.78 is 0. The molecule has 27 heavy (non-hydrogen) atoms. The molecular formula is C27H55. The molecule has 0 heterocycles. The van der Waals surface area contributed by atoms with E-state index < -0.39 is 0 Å². The van der Waals surface area contributed by atoms with Gasteiger partial charge in [0.2, 0.25) is 0 Å². The summed E-state index contributed by atoms with van der Waals surface area (Å²) >= 11 is 0. The van der Waals surface area contributed by atoms with Crippen LogP contribution in [0.4, 0.5) is 0 Å². The molecule has 0 aliphatic carbocycles. The molecule has 0 rings (SSSR count). The van der Waals surface area contributed by atoms with Gasteiger partial charge in [-0.2, -0.15) is 0 Å². The minimum absolute atomic E-state index is 1.02. The molecule has 0 nitrogen and oxygen atoms in total. The van der Waals surface area contributed by atoms with Gasteiger partial charge in [0.25, 0.3) is 0 Å². The highest BCUT2D eigenvalue weighted by atomic mass is 14.1. The summed E-state index contributed by atoms with van der Waals surface area (Å²) in [6.07, 6.45) is 33.2. The van der Waals surface area contributed by atoms with Crippen molar-refractivity contribution in [3.8, 4) is 0 Å². The smallest absolute Gasteiger partial charge is 0.0414 e. The van der Waals surface area contributed by atoms with Crippen LogP contribution >= 0.6 is 0 Å². The molecule has 1 radical (unpaired) electrons. The number of unbranched alkanes of at least 4 members (excludes halogenated alkanes) is 17. The molecule has 0 spiro atoms. The first-order valence-corrected chi connectivity index (χ1v) is 13.1. The van der Waals surface area contributed by atoms with E-state index >= 15 is 0 Å². The average molecular weight is 380 g/mol. The lowest BCUT2D eigenvalue weighted by atomic mass is 9.89. The van der Waals surface area contributed by atoms with E-state index in [0.29, 0.717) is 0 Å². The topological polar surface area (TPSA) is 0 Å². The minimum atomic E-state index is 1.02. The van der Waals surface area contributed by atoms with Gasteiger partial charge in [-0.05, 0) is 5.92 Å². The van der Waals surface area contributed by atoms with Crippen LogP contribution in [0.2, 0.25) is 0 Å². The predicted octanol–water partition coefficient (Wildman–Crippen LogP) is 10.4. The maximum atomic E-state index is 4.02. The Bertz CT molecular complexity index is 244. The van der Waals surface area contributed by atoms with Crippen molar-refractivity contribution in [2.45, 2.75) is 162 Å². The molecule has 0 heteroatoms. The summed E-state index contributed by atoms with van der Waals surface area (Å²) in [4.78, 5) is 0. The lowest BCUT2D eigenvalue weighted by Gasteiger charge is -2.17. The highest BCUT2D eigenvalue weighted by molar-refractivity contribution is 4.62. The summed E-state index contributed by atoms with van der Waals surface area (Å²) in [6.45, 7) is 8.64. The second kappa shape index (κ2) is 24.0. The summed E-state index contributed by atoms with van der Waals surface area (Å²) in [7, 11) is 0. The zero-order valence-corrected chi connectivity index (χ0v) is 19.5. The highest BCUT2D eigenvalue weighted by Gasteiger charge is 2.08. The predicted molar refractivity (Wildman–Crippen MR) is 126 cm³/mol. The van der Waals surface area contributed by atoms with Crippen LogP contribution in [-0.2, 0) is 0 Å². The van der Waals surface area contributed by atoms with Gasteiger partial charge in [0.1, 0.15) is 0 Å². The normalized spacial score (nSPS) is 12.6. The molecule has 0 aromatic heterocycles. The molecule has 0 N–H and O–H groups in total. The van der Waals surface area contributed by atoms with Crippen LogP contribution in [0.5, 0.6) is 0 Å². The Morgan fingerprint density at radius 2 is 0.704 bits per heavy atom. The molecule has 0 saturated carbocycles. The van der Waals surface area contributed by atoms with Crippen molar-refractivity contribution in [3.05, 3.63) is 6.92 Å². The fourth-order valence-electron chi connectivity index (χ4n) is 4.35. The van der Waals surface area contributed by atoms with Crippen LogP contribution in [-0.4, -0.2) is 0 Å². The van der Waals surface area contributed by atoms with Gasteiger partial charge in [-0.25, -0.2) is 0 Å².